The van der Waals surface area contributed by atoms with Gasteiger partial charge in [-0.2, -0.15) is 0 Å². The molecule has 0 unspecified atom stereocenters. The first-order valence-electron chi connectivity index (χ1n) is 8.28. The van der Waals surface area contributed by atoms with Crippen molar-refractivity contribution >= 4 is 17.7 Å². The van der Waals surface area contributed by atoms with Gasteiger partial charge in [0.05, 0.1) is 18.5 Å². The number of methoxy groups -OCH3 is 1. The molecule has 1 fully saturated rings. The summed E-state index contributed by atoms with van der Waals surface area (Å²) in [5, 5.41) is 10.3. The maximum Gasteiger partial charge on any atom is 0.233 e. The normalized spacial score (nSPS) is 18.1. The van der Waals surface area contributed by atoms with Gasteiger partial charge < -0.3 is 14.8 Å². The number of aromatic amines is 1. The Labute approximate surface area is 150 Å². The summed E-state index contributed by atoms with van der Waals surface area (Å²) in [5.74, 6) is 1.42. The summed E-state index contributed by atoms with van der Waals surface area (Å²) in [5.41, 5.74) is 0.913. The number of carbonyl (C=O) groups excluding carboxylic acids is 1. The zero-order chi connectivity index (χ0) is 17.6. The van der Waals surface area contributed by atoms with Crippen LogP contribution in [0.3, 0.4) is 0 Å². The second-order valence-corrected chi connectivity index (χ2v) is 7.14. The highest BCUT2D eigenvalue weighted by atomic mass is 32.2. The molecular formula is C17H22N4O3S. The Balaban J connectivity index is 1.53. The lowest BCUT2D eigenvalue weighted by Crippen LogP contribution is -2.36. The van der Waals surface area contributed by atoms with Gasteiger partial charge in [0, 0.05) is 18.7 Å². The minimum Gasteiger partial charge on any atom is -0.497 e. The Morgan fingerprint density at radius 3 is 2.96 bits per heavy atom. The molecule has 2 heterocycles. The third-order valence-electron chi connectivity index (χ3n) is 4.01. The number of hydrogen-bond acceptors (Lipinski definition) is 6. The molecular weight excluding hydrogens is 340 g/mol. The van der Waals surface area contributed by atoms with E-state index in [-0.39, 0.29) is 17.3 Å². The molecule has 1 aromatic carbocycles. The number of benzene rings is 1. The number of nitrogens with one attached hydrogen (secondary N) is 2. The summed E-state index contributed by atoms with van der Waals surface area (Å²) in [6.45, 7) is 3.20. The predicted molar refractivity (Wildman–Crippen MR) is 95.7 cm³/mol. The first-order valence-corrected chi connectivity index (χ1v) is 9.16. The molecule has 0 radical (unpaired) electrons. The van der Waals surface area contributed by atoms with Gasteiger partial charge in [-0.3, -0.25) is 9.89 Å². The fourth-order valence-electron chi connectivity index (χ4n) is 2.55. The number of H-pyrrole nitrogens is 1. The topological polar surface area (TPSA) is 89.1 Å². The van der Waals surface area contributed by atoms with Gasteiger partial charge in [0.15, 0.2) is 5.82 Å². The lowest BCUT2D eigenvalue weighted by molar-refractivity contribution is -0.120. The SMILES string of the molecule is COc1ccc(-c2nc(S[C@H](C)C(=O)NC[C@@H]3CCCO3)n[nH]2)cc1. The van der Waals surface area contributed by atoms with Crippen molar-refractivity contribution in [2.45, 2.75) is 36.3 Å². The summed E-state index contributed by atoms with van der Waals surface area (Å²) in [7, 11) is 1.63. The highest BCUT2D eigenvalue weighted by Crippen LogP contribution is 2.24. The molecule has 1 amide bonds. The molecule has 0 aliphatic carbocycles. The number of ether oxygens (including phenoxy) is 2. The van der Waals surface area contributed by atoms with Crippen LogP contribution in [0.15, 0.2) is 29.4 Å². The van der Waals surface area contributed by atoms with Crippen molar-refractivity contribution in [3.8, 4) is 17.1 Å². The van der Waals surface area contributed by atoms with E-state index in [9.17, 15) is 4.79 Å². The molecule has 8 heteroatoms. The molecule has 1 saturated heterocycles. The quantitative estimate of drug-likeness (QED) is 0.735. The smallest absolute Gasteiger partial charge is 0.233 e. The Bertz CT molecular complexity index is 698. The van der Waals surface area contributed by atoms with Crippen LogP contribution in [0, 0.1) is 0 Å². The maximum atomic E-state index is 12.2. The highest BCUT2D eigenvalue weighted by Gasteiger charge is 2.20. The third kappa shape index (κ3) is 4.73. The first-order chi connectivity index (χ1) is 12.2. The molecule has 2 N–H and O–H groups in total. The van der Waals surface area contributed by atoms with Crippen LogP contribution in [0.5, 0.6) is 5.75 Å². The Morgan fingerprint density at radius 1 is 1.48 bits per heavy atom. The Kier molecular flexibility index (Phi) is 5.93. The number of aromatic nitrogens is 3. The fraction of sp³-hybridized carbons (Fsp3) is 0.471. The largest absolute Gasteiger partial charge is 0.497 e. The fourth-order valence-corrected chi connectivity index (χ4v) is 3.30. The average molecular weight is 362 g/mol. The molecule has 1 aliphatic heterocycles. The van der Waals surface area contributed by atoms with Crippen LogP contribution in [0.2, 0.25) is 0 Å². The highest BCUT2D eigenvalue weighted by molar-refractivity contribution is 8.00. The van der Waals surface area contributed by atoms with Crippen molar-refractivity contribution in [2.75, 3.05) is 20.3 Å². The molecule has 1 aliphatic rings. The number of hydrogen-bond donors (Lipinski definition) is 2. The van der Waals surface area contributed by atoms with Crippen LogP contribution in [0.4, 0.5) is 0 Å². The zero-order valence-electron chi connectivity index (χ0n) is 14.3. The van der Waals surface area contributed by atoms with Gasteiger partial charge in [0.2, 0.25) is 11.1 Å². The summed E-state index contributed by atoms with van der Waals surface area (Å²) >= 11 is 1.33. The van der Waals surface area contributed by atoms with Crippen molar-refractivity contribution in [1.29, 1.82) is 0 Å². The van der Waals surface area contributed by atoms with Gasteiger partial charge in [-0.05, 0) is 44.0 Å². The monoisotopic (exact) mass is 362 g/mol. The van der Waals surface area contributed by atoms with Gasteiger partial charge in [-0.15, -0.1) is 5.10 Å². The molecule has 2 aromatic rings. The van der Waals surface area contributed by atoms with E-state index in [4.69, 9.17) is 9.47 Å². The van der Waals surface area contributed by atoms with Crippen molar-refractivity contribution in [3.63, 3.8) is 0 Å². The van der Waals surface area contributed by atoms with E-state index in [1.54, 1.807) is 7.11 Å². The molecule has 1 aromatic heterocycles. The number of amides is 1. The Hall–Kier alpha value is -2.06. The number of thioether (sulfide) groups is 1. The van der Waals surface area contributed by atoms with E-state index >= 15 is 0 Å². The van der Waals surface area contributed by atoms with E-state index in [2.05, 4.69) is 20.5 Å². The van der Waals surface area contributed by atoms with Crippen LogP contribution in [0.25, 0.3) is 11.4 Å². The zero-order valence-corrected chi connectivity index (χ0v) is 15.1. The number of carbonyl (C=O) groups is 1. The first kappa shape index (κ1) is 17.8. The molecule has 7 nitrogen and oxygen atoms in total. The van der Waals surface area contributed by atoms with Crippen molar-refractivity contribution in [3.05, 3.63) is 24.3 Å². The van der Waals surface area contributed by atoms with Crippen LogP contribution >= 0.6 is 11.8 Å². The standard InChI is InChI=1S/C17H22N4O3S/c1-11(16(22)18-10-14-4-3-9-24-14)25-17-19-15(20-21-17)12-5-7-13(23-2)8-6-12/h5-8,11,14H,3-4,9-10H2,1-2H3,(H,18,22)(H,19,20,21)/t11-,14+/m1/s1. The molecule has 25 heavy (non-hydrogen) atoms. The van der Waals surface area contributed by atoms with Gasteiger partial charge in [0.1, 0.15) is 5.75 Å². The van der Waals surface area contributed by atoms with Crippen molar-refractivity contribution in [2.24, 2.45) is 0 Å². The maximum absolute atomic E-state index is 12.2. The molecule has 3 rings (SSSR count). The summed E-state index contributed by atoms with van der Waals surface area (Å²) in [6.07, 6.45) is 2.22. The lowest BCUT2D eigenvalue weighted by atomic mass is 10.2. The predicted octanol–water partition coefficient (Wildman–Crippen LogP) is 2.26. The minimum absolute atomic E-state index is 0.0312. The number of nitrogens with zero attached hydrogens (tertiary/aromatic N) is 2. The van der Waals surface area contributed by atoms with Gasteiger partial charge in [0.25, 0.3) is 0 Å². The molecule has 0 saturated carbocycles. The lowest BCUT2D eigenvalue weighted by Gasteiger charge is -2.13. The van der Waals surface area contributed by atoms with Crippen LogP contribution in [0.1, 0.15) is 19.8 Å². The van der Waals surface area contributed by atoms with E-state index in [1.807, 2.05) is 31.2 Å². The minimum atomic E-state index is -0.277. The Morgan fingerprint density at radius 2 is 2.28 bits per heavy atom. The van der Waals surface area contributed by atoms with E-state index < -0.39 is 0 Å². The summed E-state index contributed by atoms with van der Waals surface area (Å²) < 4.78 is 10.7. The van der Waals surface area contributed by atoms with E-state index in [0.717, 1.165) is 30.8 Å². The average Bonchev–Trinajstić information content (AvgIpc) is 3.31. The molecule has 0 bridgehead atoms. The summed E-state index contributed by atoms with van der Waals surface area (Å²) in [6, 6.07) is 7.55. The van der Waals surface area contributed by atoms with Crippen molar-refractivity contribution < 1.29 is 14.3 Å². The van der Waals surface area contributed by atoms with Gasteiger partial charge >= 0.3 is 0 Å². The molecule has 0 spiro atoms. The van der Waals surface area contributed by atoms with Gasteiger partial charge in [-0.25, -0.2) is 4.98 Å². The second-order valence-electron chi connectivity index (χ2n) is 5.84. The van der Waals surface area contributed by atoms with Gasteiger partial charge in [-0.1, -0.05) is 11.8 Å². The summed E-state index contributed by atoms with van der Waals surface area (Å²) in [4.78, 5) is 16.6. The van der Waals surface area contributed by atoms with E-state index in [0.29, 0.717) is 17.5 Å². The van der Waals surface area contributed by atoms with Crippen LogP contribution in [-0.2, 0) is 9.53 Å². The number of rotatable bonds is 7. The molecule has 2 atom stereocenters. The van der Waals surface area contributed by atoms with Crippen molar-refractivity contribution in [1.82, 2.24) is 20.5 Å². The second kappa shape index (κ2) is 8.35. The van der Waals surface area contributed by atoms with E-state index in [1.165, 1.54) is 11.8 Å². The van der Waals surface area contributed by atoms with Crippen LogP contribution < -0.4 is 10.1 Å². The van der Waals surface area contributed by atoms with Crippen LogP contribution in [-0.4, -0.2) is 52.7 Å². The third-order valence-corrected chi connectivity index (χ3v) is 4.97. The molecule has 134 valence electrons.